The molecule has 0 aliphatic heterocycles. The highest BCUT2D eigenvalue weighted by Gasteiger charge is 2.23. The van der Waals surface area contributed by atoms with E-state index in [0.29, 0.717) is 10.0 Å². The van der Waals surface area contributed by atoms with E-state index < -0.39 is 42.1 Å². The Kier molecular flexibility index (Phi) is 11.5. The van der Waals surface area contributed by atoms with Crippen molar-refractivity contribution in [2.45, 2.75) is 22.9 Å². The maximum absolute atomic E-state index is 13.1. The fourth-order valence-electron chi connectivity index (χ4n) is 4.31. The predicted octanol–water partition coefficient (Wildman–Crippen LogP) is 7.17. The van der Waals surface area contributed by atoms with Gasteiger partial charge in [0.15, 0.2) is 0 Å². The van der Waals surface area contributed by atoms with Gasteiger partial charge in [0.05, 0.1) is 0 Å². The van der Waals surface area contributed by atoms with Gasteiger partial charge >= 0.3 is 32.3 Å². The van der Waals surface area contributed by atoms with E-state index in [1.807, 2.05) is 0 Å². The van der Waals surface area contributed by atoms with E-state index >= 15 is 0 Å². The van der Waals surface area contributed by atoms with Crippen LogP contribution in [0.5, 0.6) is 11.5 Å². The number of anilines is 2. The molecule has 0 aromatic heterocycles. The van der Waals surface area contributed by atoms with Crippen LogP contribution in [0.15, 0.2) is 131 Å². The van der Waals surface area contributed by atoms with Gasteiger partial charge in [0.2, 0.25) is 0 Å². The summed E-state index contributed by atoms with van der Waals surface area (Å²) in [5.41, 5.74) is 2.12. The molecule has 16 heteroatoms. The topological polar surface area (TPSA) is 169 Å². The molecule has 5 aromatic rings. The van der Waals surface area contributed by atoms with Gasteiger partial charge in [-0.05, 0) is 77.9 Å². The Morgan fingerprint density at radius 2 is 0.900 bits per heavy atom. The molecule has 5 rings (SSSR count). The van der Waals surface area contributed by atoms with Crippen molar-refractivity contribution in [2.24, 2.45) is 0 Å². The molecule has 0 aliphatic carbocycles. The average molecular weight is 756 g/mol. The van der Waals surface area contributed by atoms with E-state index in [4.69, 9.17) is 31.6 Å². The number of amides is 4. The van der Waals surface area contributed by atoms with Crippen LogP contribution < -0.4 is 29.6 Å². The number of halogens is 2. The highest BCUT2D eigenvalue weighted by molar-refractivity contribution is 7.88. The quantitative estimate of drug-likeness (QED) is 0.0972. The SMILES string of the molecule is O=C(NCc1ccc(Cl)cc1)Nc1cccc(OS(=O)(=O)c2cccc(S(=O)(=O)Oc3cccc(NC(=O)NCc4ccc(Cl)cc4)c3)c2)c1. The van der Waals surface area contributed by atoms with Gasteiger partial charge in [-0.25, -0.2) is 9.59 Å². The molecule has 4 amide bonds. The molecule has 0 saturated carbocycles. The third kappa shape index (κ3) is 10.4. The minimum atomic E-state index is -4.53. The van der Waals surface area contributed by atoms with Crippen molar-refractivity contribution in [1.82, 2.24) is 10.6 Å². The van der Waals surface area contributed by atoms with E-state index in [9.17, 15) is 26.4 Å². The average Bonchev–Trinajstić information content (AvgIpc) is 3.08. The van der Waals surface area contributed by atoms with Gasteiger partial charge in [-0.3, -0.25) is 0 Å². The molecular formula is C34H28Cl2N4O8S2. The molecule has 0 bridgehead atoms. The summed E-state index contributed by atoms with van der Waals surface area (Å²) in [6, 6.07) is 28.5. The third-order valence-electron chi connectivity index (χ3n) is 6.71. The molecule has 0 saturated heterocycles. The Morgan fingerprint density at radius 1 is 0.520 bits per heavy atom. The van der Waals surface area contributed by atoms with Gasteiger partial charge in [0.1, 0.15) is 21.3 Å². The molecule has 0 unspecified atom stereocenters. The summed E-state index contributed by atoms with van der Waals surface area (Å²) in [5, 5.41) is 11.7. The zero-order chi connectivity index (χ0) is 35.7. The molecule has 0 atom stereocenters. The molecule has 0 heterocycles. The Bertz CT molecular complexity index is 2060. The lowest BCUT2D eigenvalue weighted by atomic mass is 10.2. The highest BCUT2D eigenvalue weighted by Crippen LogP contribution is 2.26. The smallest absolute Gasteiger partial charge is 0.339 e. The summed E-state index contributed by atoms with van der Waals surface area (Å²) < 4.78 is 63.1. The maximum Gasteiger partial charge on any atom is 0.339 e. The number of carbonyl (C=O) groups excluding carboxylic acids is 2. The summed E-state index contributed by atoms with van der Waals surface area (Å²) in [4.78, 5) is 23.8. The van der Waals surface area contributed by atoms with Crippen LogP contribution >= 0.6 is 23.2 Å². The fraction of sp³-hybridized carbons (Fsp3) is 0.0588. The minimum absolute atomic E-state index is 0.133. The van der Waals surface area contributed by atoms with Crippen LogP contribution in [-0.2, 0) is 33.3 Å². The van der Waals surface area contributed by atoms with Gasteiger partial charge in [0, 0.05) is 46.6 Å². The number of hydrogen-bond acceptors (Lipinski definition) is 8. The van der Waals surface area contributed by atoms with E-state index in [-0.39, 0.29) is 36.0 Å². The van der Waals surface area contributed by atoms with E-state index in [2.05, 4.69) is 21.3 Å². The standard InChI is InChI=1S/C34H28Cl2N4O8S2/c35-25-14-10-23(11-15-25)21-37-33(41)39-27-4-1-6-29(18-27)47-49(43,44)31-8-3-9-32(20-31)50(45,46)48-30-7-2-5-28(19-30)40-34(42)38-22-24-12-16-26(36)17-13-24/h1-20H,21-22H2,(H2,37,39,41)(H2,38,40,42). The first-order valence-corrected chi connectivity index (χ1v) is 18.2. The van der Waals surface area contributed by atoms with E-state index in [1.54, 1.807) is 48.5 Å². The van der Waals surface area contributed by atoms with Crippen molar-refractivity contribution >= 4 is 66.9 Å². The Hall–Kier alpha value is -5.28. The zero-order valence-electron chi connectivity index (χ0n) is 25.8. The lowest BCUT2D eigenvalue weighted by molar-refractivity contribution is 0.251. The third-order valence-corrected chi connectivity index (χ3v) is 9.70. The van der Waals surface area contributed by atoms with Crippen molar-refractivity contribution in [3.05, 3.63) is 142 Å². The first-order valence-electron chi connectivity index (χ1n) is 14.6. The van der Waals surface area contributed by atoms with Gasteiger partial charge in [-0.1, -0.05) is 65.7 Å². The van der Waals surface area contributed by atoms with Gasteiger partial charge < -0.3 is 29.6 Å². The normalized spacial score (nSPS) is 11.2. The number of carbonyl (C=O) groups is 2. The molecule has 50 heavy (non-hydrogen) atoms. The van der Waals surface area contributed by atoms with Crippen LogP contribution in [0.25, 0.3) is 0 Å². The number of nitrogens with one attached hydrogen (secondary N) is 4. The first kappa shape index (κ1) is 36.0. The lowest BCUT2D eigenvalue weighted by Crippen LogP contribution is -2.28. The minimum Gasteiger partial charge on any atom is -0.379 e. The molecular weight excluding hydrogens is 727 g/mol. The largest absolute Gasteiger partial charge is 0.379 e. The molecule has 5 aromatic carbocycles. The van der Waals surface area contributed by atoms with Crippen LogP contribution in [0.3, 0.4) is 0 Å². The van der Waals surface area contributed by atoms with Crippen molar-refractivity contribution in [1.29, 1.82) is 0 Å². The van der Waals surface area contributed by atoms with Crippen molar-refractivity contribution in [2.75, 3.05) is 10.6 Å². The first-order chi connectivity index (χ1) is 23.8. The molecule has 4 N–H and O–H groups in total. The fourth-order valence-corrected chi connectivity index (χ4v) is 6.57. The second-order valence-electron chi connectivity index (χ2n) is 10.5. The van der Waals surface area contributed by atoms with Crippen LogP contribution in [0.2, 0.25) is 10.0 Å². The van der Waals surface area contributed by atoms with Crippen molar-refractivity contribution in [3.63, 3.8) is 0 Å². The molecule has 258 valence electrons. The van der Waals surface area contributed by atoms with E-state index in [1.165, 1.54) is 54.6 Å². The Labute approximate surface area is 298 Å². The van der Waals surface area contributed by atoms with Crippen molar-refractivity contribution in [3.8, 4) is 11.5 Å². The van der Waals surface area contributed by atoms with Gasteiger partial charge in [-0.2, -0.15) is 16.8 Å². The summed E-state index contributed by atoms with van der Waals surface area (Å²) in [6.45, 7) is 0.448. The summed E-state index contributed by atoms with van der Waals surface area (Å²) in [6.07, 6.45) is 0. The predicted molar refractivity (Wildman–Crippen MR) is 190 cm³/mol. The maximum atomic E-state index is 13.1. The van der Waals surface area contributed by atoms with Crippen LogP contribution in [0, 0.1) is 0 Å². The van der Waals surface area contributed by atoms with E-state index in [0.717, 1.165) is 29.3 Å². The Balaban J connectivity index is 1.20. The zero-order valence-corrected chi connectivity index (χ0v) is 28.9. The van der Waals surface area contributed by atoms with Crippen molar-refractivity contribution < 1.29 is 34.8 Å². The Morgan fingerprint density at radius 3 is 1.30 bits per heavy atom. The lowest BCUT2D eigenvalue weighted by Gasteiger charge is -2.12. The number of hydrogen-bond donors (Lipinski definition) is 4. The second kappa shape index (κ2) is 16.0. The highest BCUT2D eigenvalue weighted by atomic mass is 35.5. The van der Waals surface area contributed by atoms with Gasteiger partial charge in [0.25, 0.3) is 0 Å². The molecule has 0 radical (unpaired) electrons. The molecule has 0 aliphatic rings. The second-order valence-corrected chi connectivity index (χ2v) is 14.4. The van der Waals surface area contributed by atoms with Crippen LogP contribution in [-0.4, -0.2) is 28.9 Å². The monoisotopic (exact) mass is 754 g/mol. The summed E-state index contributed by atoms with van der Waals surface area (Å²) >= 11 is 11.8. The number of rotatable bonds is 12. The number of benzene rings is 5. The molecule has 0 fully saturated rings. The van der Waals surface area contributed by atoms with Crippen LogP contribution in [0.1, 0.15) is 11.1 Å². The molecule has 0 spiro atoms. The summed E-state index contributed by atoms with van der Waals surface area (Å²) in [5.74, 6) is -0.266. The van der Waals surface area contributed by atoms with Crippen LogP contribution in [0.4, 0.5) is 21.0 Å². The molecule has 12 nitrogen and oxygen atoms in total. The van der Waals surface area contributed by atoms with Gasteiger partial charge in [-0.15, -0.1) is 0 Å². The summed E-state index contributed by atoms with van der Waals surface area (Å²) in [7, 11) is -9.06. The number of urea groups is 2.